The molecule has 0 saturated carbocycles. The summed E-state index contributed by atoms with van der Waals surface area (Å²) in [6, 6.07) is 0.510. The molecule has 1 atom stereocenters. The quantitative estimate of drug-likeness (QED) is 0.249. The highest BCUT2D eigenvalue weighted by Crippen LogP contribution is 2.30. The van der Waals surface area contributed by atoms with Gasteiger partial charge in [-0.3, -0.25) is 0 Å². The van der Waals surface area contributed by atoms with Crippen LogP contribution in [-0.2, 0) is 0 Å². The SMILES string of the molecule is CCCCCCCCCCCCCCCC(c1nccn1C(C)C)C(C)C. The topological polar surface area (TPSA) is 17.8 Å². The van der Waals surface area contributed by atoms with E-state index in [0.29, 0.717) is 17.9 Å². The zero-order valence-electron chi connectivity index (χ0n) is 19.2. The average Bonchev–Trinajstić information content (AvgIpc) is 3.11. The zero-order valence-corrected chi connectivity index (χ0v) is 19.2. The van der Waals surface area contributed by atoms with E-state index in [1.54, 1.807) is 0 Å². The zero-order chi connectivity index (χ0) is 19.9. The number of aromatic nitrogens is 2. The molecule has 0 aliphatic rings. The lowest BCUT2D eigenvalue weighted by molar-refractivity contribution is 0.400. The van der Waals surface area contributed by atoms with Crippen LogP contribution < -0.4 is 0 Å². The largest absolute Gasteiger partial charge is 0.332 e. The fourth-order valence-electron chi connectivity index (χ4n) is 4.19. The maximum atomic E-state index is 4.70. The first-order chi connectivity index (χ1) is 13.1. The predicted molar refractivity (Wildman–Crippen MR) is 121 cm³/mol. The van der Waals surface area contributed by atoms with Gasteiger partial charge in [0, 0.05) is 24.4 Å². The minimum absolute atomic E-state index is 0.510. The molecule has 1 unspecified atom stereocenters. The van der Waals surface area contributed by atoms with Crippen LogP contribution in [0.5, 0.6) is 0 Å². The smallest absolute Gasteiger partial charge is 0.112 e. The van der Waals surface area contributed by atoms with E-state index >= 15 is 0 Å². The third-order valence-electron chi connectivity index (χ3n) is 6.01. The van der Waals surface area contributed by atoms with Crippen LogP contribution in [0.4, 0.5) is 0 Å². The van der Waals surface area contributed by atoms with Gasteiger partial charge in [-0.15, -0.1) is 0 Å². The van der Waals surface area contributed by atoms with Crippen LogP contribution in [0, 0.1) is 5.92 Å². The molecular weight excluding hydrogens is 328 g/mol. The van der Waals surface area contributed by atoms with Gasteiger partial charge in [0.1, 0.15) is 5.82 Å². The Morgan fingerprint density at radius 3 is 1.67 bits per heavy atom. The monoisotopic (exact) mass is 376 g/mol. The Morgan fingerprint density at radius 1 is 0.741 bits per heavy atom. The minimum Gasteiger partial charge on any atom is -0.332 e. The van der Waals surface area contributed by atoms with Crippen LogP contribution in [-0.4, -0.2) is 9.55 Å². The van der Waals surface area contributed by atoms with Gasteiger partial charge >= 0.3 is 0 Å². The summed E-state index contributed by atoms with van der Waals surface area (Å²) in [5.74, 6) is 2.58. The van der Waals surface area contributed by atoms with Crippen LogP contribution in [0.2, 0.25) is 0 Å². The number of hydrogen-bond acceptors (Lipinski definition) is 1. The first kappa shape index (κ1) is 24.2. The van der Waals surface area contributed by atoms with Gasteiger partial charge in [0.05, 0.1) is 0 Å². The third kappa shape index (κ3) is 10.4. The fourth-order valence-corrected chi connectivity index (χ4v) is 4.19. The van der Waals surface area contributed by atoms with Crippen molar-refractivity contribution >= 4 is 0 Å². The van der Waals surface area contributed by atoms with E-state index in [4.69, 9.17) is 4.98 Å². The van der Waals surface area contributed by atoms with Crippen molar-refractivity contribution in [3.05, 3.63) is 18.2 Å². The Morgan fingerprint density at radius 2 is 1.22 bits per heavy atom. The van der Waals surface area contributed by atoms with Crippen molar-refractivity contribution in [1.82, 2.24) is 9.55 Å². The van der Waals surface area contributed by atoms with Crippen molar-refractivity contribution in [3.63, 3.8) is 0 Å². The summed E-state index contributed by atoms with van der Waals surface area (Å²) < 4.78 is 2.37. The first-order valence-electron chi connectivity index (χ1n) is 12.1. The van der Waals surface area contributed by atoms with E-state index < -0.39 is 0 Å². The molecule has 0 amide bonds. The standard InChI is InChI=1S/C25H48N2/c1-6-7-8-9-10-11-12-13-14-15-16-17-18-19-24(22(2)3)25-26-20-21-27(25)23(4)5/h20-24H,6-19H2,1-5H3. The van der Waals surface area contributed by atoms with E-state index in [0.717, 1.165) is 0 Å². The molecule has 0 radical (unpaired) electrons. The lowest BCUT2D eigenvalue weighted by Crippen LogP contribution is -2.15. The number of unbranched alkanes of at least 4 members (excludes halogenated alkanes) is 12. The van der Waals surface area contributed by atoms with Crippen LogP contribution in [0.3, 0.4) is 0 Å². The molecule has 0 bridgehead atoms. The Balaban J connectivity index is 2.08. The van der Waals surface area contributed by atoms with Gasteiger partial charge in [0.2, 0.25) is 0 Å². The Kier molecular flexibility index (Phi) is 13.6. The molecular formula is C25H48N2. The molecule has 0 saturated heterocycles. The molecule has 1 aromatic heterocycles. The van der Waals surface area contributed by atoms with Crippen molar-refractivity contribution in [2.45, 2.75) is 136 Å². The average molecular weight is 377 g/mol. The Labute approximate surface area is 170 Å². The van der Waals surface area contributed by atoms with Crippen molar-refractivity contribution in [2.24, 2.45) is 5.92 Å². The number of rotatable bonds is 17. The molecule has 2 nitrogen and oxygen atoms in total. The first-order valence-corrected chi connectivity index (χ1v) is 12.1. The number of imidazole rings is 1. The highest BCUT2D eigenvalue weighted by atomic mass is 15.1. The van der Waals surface area contributed by atoms with Gasteiger partial charge in [0.15, 0.2) is 0 Å². The van der Waals surface area contributed by atoms with Crippen LogP contribution >= 0.6 is 0 Å². The van der Waals surface area contributed by atoms with Gasteiger partial charge in [-0.05, 0) is 26.2 Å². The fraction of sp³-hybridized carbons (Fsp3) is 0.880. The minimum atomic E-state index is 0.510. The maximum absolute atomic E-state index is 4.70. The van der Waals surface area contributed by atoms with Crippen LogP contribution in [0.15, 0.2) is 12.4 Å². The maximum Gasteiger partial charge on any atom is 0.112 e. The van der Waals surface area contributed by atoms with E-state index in [-0.39, 0.29) is 0 Å². The summed E-state index contributed by atoms with van der Waals surface area (Å²) in [5, 5.41) is 0. The highest BCUT2D eigenvalue weighted by molar-refractivity contribution is 5.03. The molecule has 0 aliphatic carbocycles. The van der Waals surface area contributed by atoms with Gasteiger partial charge in [-0.1, -0.05) is 104 Å². The normalized spacial score (nSPS) is 13.0. The summed E-state index contributed by atoms with van der Waals surface area (Å²) in [7, 11) is 0. The molecule has 158 valence electrons. The van der Waals surface area contributed by atoms with Crippen LogP contribution in [0.1, 0.15) is 142 Å². The van der Waals surface area contributed by atoms with Gasteiger partial charge < -0.3 is 4.57 Å². The number of nitrogens with zero attached hydrogens (tertiary/aromatic N) is 2. The summed E-state index contributed by atoms with van der Waals surface area (Å²) >= 11 is 0. The molecule has 0 aliphatic heterocycles. The van der Waals surface area contributed by atoms with Crippen molar-refractivity contribution in [3.8, 4) is 0 Å². The summed E-state index contributed by atoms with van der Waals surface area (Å²) in [6.45, 7) is 11.5. The Hall–Kier alpha value is -0.790. The van der Waals surface area contributed by atoms with Crippen molar-refractivity contribution in [2.75, 3.05) is 0 Å². The summed E-state index contributed by atoms with van der Waals surface area (Å²) in [4.78, 5) is 4.70. The molecule has 0 spiro atoms. The van der Waals surface area contributed by atoms with E-state index in [2.05, 4.69) is 45.4 Å². The van der Waals surface area contributed by atoms with Gasteiger partial charge in [0.25, 0.3) is 0 Å². The van der Waals surface area contributed by atoms with Gasteiger partial charge in [-0.2, -0.15) is 0 Å². The molecule has 0 fully saturated rings. The summed E-state index contributed by atoms with van der Waals surface area (Å²) in [5.41, 5.74) is 0. The molecule has 1 heterocycles. The molecule has 0 N–H and O–H groups in total. The highest BCUT2D eigenvalue weighted by Gasteiger charge is 2.21. The van der Waals surface area contributed by atoms with E-state index in [9.17, 15) is 0 Å². The van der Waals surface area contributed by atoms with Crippen molar-refractivity contribution in [1.29, 1.82) is 0 Å². The number of hydrogen-bond donors (Lipinski definition) is 0. The second kappa shape index (κ2) is 15.2. The molecule has 1 aromatic rings. The predicted octanol–water partition coefficient (Wildman–Crippen LogP) is 8.68. The Bertz CT molecular complexity index is 447. The molecule has 2 heteroatoms. The van der Waals surface area contributed by atoms with Crippen molar-refractivity contribution < 1.29 is 0 Å². The van der Waals surface area contributed by atoms with Crippen LogP contribution in [0.25, 0.3) is 0 Å². The molecule has 27 heavy (non-hydrogen) atoms. The lowest BCUT2D eigenvalue weighted by atomic mass is 9.89. The molecule has 1 rings (SSSR count). The second-order valence-corrected chi connectivity index (χ2v) is 9.17. The van der Waals surface area contributed by atoms with E-state index in [1.165, 1.54) is 95.7 Å². The molecule has 0 aromatic carbocycles. The third-order valence-corrected chi connectivity index (χ3v) is 6.01. The van der Waals surface area contributed by atoms with E-state index in [1.807, 2.05) is 6.20 Å². The van der Waals surface area contributed by atoms with Gasteiger partial charge in [-0.25, -0.2) is 4.98 Å². The lowest BCUT2D eigenvalue weighted by Gasteiger charge is -2.23. The summed E-state index contributed by atoms with van der Waals surface area (Å²) in [6.07, 6.45) is 24.0. The second-order valence-electron chi connectivity index (χ2n) is 9.17.